The smallest absolute Gasteiger partial charge is 0.387 e. The number of aliphatic hydroxyl groups is 1. The SMILES string of the molecule is CCCCCCCCCCCCCCCCCCCCCCCCCC/C=C/CC/C=C/C(O)C(COP(=O)(O)OCC[N+](C)(C)C)NC(=O)CCCCCCCCCCCC. The maximum atomic E-state index is 12.8. The van der Waals surface area contributed by atoms with Gasteiger partial charge in [0.05, 0.1) is 39.9 Å². The van der Waals surface area contributed by atoms with Gasteiger partial charge in [0.15, 0.2) is 0 Å². The second-order valence-electron chi connectivity index (χ2n) is 19.6. The Kier molecular flexibility index (Phi) is 44.4. The third-order valence-corrected chi connectivity index (χ3v) is 13.2. The van der Waals surface area contributed by atoms with Crippen LogP contribution in [0.3, 0.4) is 0 Å². The second-order valence-corrected chi connectivity index (χ2v) is 21.1. The van der Waals surface area contributed by atoms with Crippen molar-refractivity contribution < 1.29 is 32.9 Å². The lowest BCUT2D eigenvalue weighted by Crippen LogP contribution is -2.45. The molecule has 9 heteroatoms. The van der Waals surface area contributed by atoms with E-state index in [0.29, 0.717) is 17.4 Å². The number of aliphatic hydroxyl groups excluding tert-OH is 1. The molecule has 8 nitrogen and oxygen atoms in total. The molecule has 0 aliphatic carbocycles. The van der Waals surface area contributed by atoms with E-state index in [1.807, 2.05) is 27.2 Å². The number of quaternary nitrogens is 1. The molecule has 0 saturated heterocycles. The molecule has 3 N–H and O–H groups in total. The first-order valence-corrected chi connectivity index (χ1v) is 28.2. The standard InChI is InChI=1S/C53H105N2O6P/c1-6-8-10-12-14-16-18-19-20-21-22-23-24-25-26-27-28-29-30-31-32-33-34-35-36-37-38-40-42-44-46-52(56)51(50-61-62(58,59)60-49-48-55(3,4)5)54-53(57)47-45-43-41-39-17-15-13-11-9-7-2/h37-38,44,46,51-52,56H,6-36,39-43,45,47-50H2,1-5H3,(H-,54,57,58,59)/p+1/b38-37+,46-44+. The summed E-state index contributed by atoms with van der Waals surface area (Å²) >= 11 is 0. The summed E-state index contributed by atoms with van der Waals surface area (Å²) in [6.07, 6.45) is 55.8. The van der Waals surface area contributed by atoms with E-state index in [-0.39, 0.29) is 19.1 Å². The average molecular weight is 898 g/mol. The molecule has 0 rings (SSSR count). The molecule has 0 radical (unpaired) electrons. The highest BCUT2D eigenvalue weighted by molar-refractivity contribution is 7.47. The molecule has 0 saturated carbocycles. The number of carbonyl (C=O) groups excluding carboxylic acids is 1. The third-order valence-electron chi connectivity index (χ3n) is 12.2. The van der Waals surface area contributed by atoms with Crippen LogP contribution in [0.25, 0.3) is 0 Å². The third kappa shape index (κ3) is 47.0. The van der Waals surface area contributed by atoms with Gasteiger partial charge in [-0.15, -0.1) is 0 Å². The summed E-state index contributed by atoms with van der Waals surface area (Å²) in [7, 11) is 1.56. The number of likely N-dealkylation sites (N-methyl/N-ethyl adjacent to an activating group) is 1. The minimum atomic E-state index is -4.34. The van der Waals surface area contributed by atoms with Crippen molar-refractivity contribution in [3.05, 3.63) is 24.3 Å². The number of amides is 1. The highest BCUT2D eigenvalue weighted by atomic mass is 31.2. The minimum absolute atomic E-state index is 0.0582. The molecule has 0 aliphatic rings. The second kappa shape index (κ2) is 45.1. The van der Waals surface area contributed by atoms with Gasteiger partial charge < -0.3 is 19.8 Å². The number of nitrogens with one attached hydrogen (secondary N) is 1. The van der Waals surface area contributed by atoms with E-state index in [0.717, 1.165) is 38.5 Å². The summed E-state index contributed by atoms with van der Waals surface area (Å²) in [6.45, 7) is 4.80. The lowest BCUT2D eigenvalue weighted by molar-refractivity contribution is -0.870. The fourth-order valence-electron chi connectivity index (χ4n) is 7.94. The number of phosphoric acid groups is 1. The molecule has 0 aromatic rings. The van der Waals surface area contributed by atoms with Gasteiger partial charge in [0.25, 0.3) is 0 Å². The van der Waals surface area contributed by atoms with Crippen LogP contribution < -0.4 is 5.32 Å². The average Bonchev–Trinajstić information content (AvgIpc) is 3.23. The topological polar surface area (TPSA) is 105 Å². The van der Waals surface area contributed by atoms with Crippen LogP contribution in [0.4, 0.5) is 0 Å². The van der Waals surface area contributed by atoms with Gasteiger partial charge >= 0.3 is 7.82 Å². The number of hydrogen-bond donors (Lipinski definition) is 3. The number of unbranched alkanes of at least 4 members (excludes halogenated alkanes) is 34. The number of allylic oxidation sites excluding steroid dienone is 3. The molecule has 3 atom stereocenters. The Labute approximate surface area is 385 Å². The zero-order valence-corrected chi connectivity index (χ0v) is 42.8. The summed E-state index contributed by atoms with van der Waals surface area (Å²) in [5, 5.41) is 13.8. The van der Waals surface area contributed by atoms with Crippen molar-refractivity contribution in [2.24, 2.45) is 0 Å². The first-order chi connectivity index (χ1) is 30.0. The highest BCUT2D eigenvalue weighted by Gasteiger charge is 2.27. The van der Waals surface area contributed by atoms with Crippen LogP contribution in [-0.2, 0) is 18.4 Å². The number of nitrogens with zero attached hydrogens (tertiary/aromatic N) is 1. The Balaban J connectivity index is 4.10. The lowest BCUT2D eigenvalue weighted by Gasteiger charge is -2.25. The molecule has 0 bridgehead atoms. The van der Waals surface area contributed by atoms with Gasteiger partial charge in [-0.05, 0) is 32.1 Å². The van der Waals surface area contributed by atoms with Crippen LogP contribution in [0.15, 0.2) is 24.3 Å². The normalized spacial score (nSPS) is 14.2. The summed E-state index contributed by atoms with van der Waals surface area (Å²) in [5.41, 5.74) is 0. The van der Waals surface area contributed by atoms with Gasteiger partial charge in [0.2, 0.25) is 5.91 Å². The van der Waals surface area contributed by atoms with Crippen molar-refractivity contribution >= 4 is 13.7 Å². The number of carbonyl (C=O) groups is 1. The zero-order valence-electron chi connectivity index (χ0n) is 41.9. The predicted octanol–water partition coefficient (Wildman–Crippen LogP) is 15.6. The Morgan fingerprint density at radius 2 is 0.887 bits per heavy atom. The fraction of sp³-hybridized carbons (Fsp3) is 0.906. The largest absolute Gasteiger partial charge is 0.472 e. The molecule has 368 valence electrons. The molecule has 0 heterocycles. The Morgan fingerprint density at radius 1 is 0.532 bits per heavy atom. The first-order valence-electron chi connectivity index (χ1n) is 26.7. The molecule has 62 heavy (non-hydrogen) atoms. The van der Waals surface area contributed by atoms with Gasteiger partial charge in [-0.3, -0.25) is 13.8 Å². The van der Waals surface area contributed by atoms with Crippen molar-refractivity contribution in [3.8, 4) is 0 Å². The van der Waals surface area contributed by atoms with Gasteiger partial charge in [0.1, 0.15) is 13.2 Å². The molecule has 0 aliphatic heterocycles. The number of rotatable bonds is 49. The molecule has 0 fully saturated rings. The molecule has 0 aromatic carbocycles. The first kappa shape index (κ1) is 61.0. The van der Waals surface area contributed by atoms with Crippen molar-refractivity contribution in [2.45, 2.75) is 270 Å². The quantitative estimate of drug-likeness (QED) is 0.0243. The van der Waals surface area contributed by atoms with Crippen molar-refractivity contribution in [2.75, 3.05) is 40.9 Å². The van der Waals surface area contributed by atoms with Gasteiger partial charge in [0, 0.05) is 6.42 Å². The summed E-state index contributed by atoms with van der Waals surface area (Å²) in [5.74, 6) is -0.187. The molecular weight excluding hydrogens is 792 g/mol. The number of phosphoric ester groups is 1. The fourth-order valence-corrected chi connectivity index (χ4v) is 8.68. The number of hydrogen-bond acceptors (Lipinski definition) is 5. The van der Waals surface area contributed by atoms with E-state index in [9.17, 15) is 19.4 Å². The summed E-state index contributed by atoms with van der Waals surface area (Å²) in [6, 6.07) is -0.858. The summed E-state index contributed by atoms with van der Waals surface area (Å²) in [4.78, 5) is 23.1. The maximum absolute atomic E-state index is 12.8. The molecule has 3 unspecified atom stereocenters. The van der Waals surface area contributed by atoms with Crippen LogP contribution >= 0.6 is 7.82 Å². The van der Waals surface area contributed by atoms with Gasteiger partial charge in [-0.25, -0.2) is 4.57 Å². The van der Waals surface area contributed by atoms with Crippen LogP contribution in [0.5, 0.6) is 0 Å². The van der Waals surface area contributed by atoms with Crippen molar-refractivity contribution in [3.63, 3.8) is 0 Å². The van der Waals surface area contributed by atoms with E-state index in [2.05, 4.69) is 31.3 Å². The van der Waals surface area contributed by atoms with E-state index in [4.69, 9.17) is 9.05 Å². The van der Waals surface area contributed by atoms with Crippen LogP contribution in [0, 0.1) is 0 Å². The zero-order chi connectivity index (χ0) is 45.7. The van der Waals surface area contributed by atoms with Crippen LogP contribution in [0.1, 0.15) is 258 Å². The van der Waals surface area contributed by atoms with Gasteiger partial charge in [-0.1, -0.05) is 244 Å². The Hall–Kier alpha value is -1.02. The summed E-state index contributed by atoms with van der Waals surface area (Å²) < 4.78 is 23.6. The van der Waals surface area contributed by atoms with E-state index >= 15 is 0 Å². The lowest BCUT2D eigenvalue weighted by atomic mass is 10.0. The van der Waals surface area contributed by atoms with Gasteiger partial charge in [-0.2, -0.15) is 0 Å². The minimum Gasteiger partial charge on any atom is -0.387 e. The Morgan fingerprint density at radius 3 is 1.29 bits per heavy atom. The molecule has 0 aromatic heterocycles. The van der Waals surface area contributed by atoms with E-state index in [1.54, 1.807) is 6.08 Å². The van der Waals surface area contributed by atoms with Crippen LogP contribution in [0.2, 0.25) is 0 Å². The Bertz CT molecular complexity index is 1060. The van der Waals surface area contributed by atoms with Crippen LogP contribution in [-0.4, -0.2) is 73.4 Å². The molecule has 0 spiro atoms. The van der Waals surface area contributed by atoms with Crippen molar-refractivity contribution in [1.82, 2.24) is 5.32 Å². The maximum Gasteiger partial charge on any atom is 0.472 e. The highest BCUT2D eigenvalue weighted by Crippen LogP contribution is 2.43. The predicted molar refractivity (Wildman–Crippen MR) is 268 cm³/mol. The van der Waals surface area contributed by atoms with E-state index in [1.165, 1.54) is 199 Å². The van der Waals surface area contributed by atoms with Crippen molar-refractivity contribution in [1.29, 1.82) is 0 Å². The van der Waals surface area contributed by atoms with E-state index < -0.39 is 20.0 Å². The monoisotopic (exact) mass is 898 g/mol. The molecule has 1 amide bonds. The molecular formula is C53H106N2O6P+.